The molecule has 2 rings (SSSR count). The maximum atomic E-state index is 5.50. The molecular weight excluding hydrogens is 218 g/mol. The molecule has 1 fully saturated rings. The molecule has 0 spiro atoms. The fraction of sp³-hybridized carbons (Fsp3) is 0.692. The zero-order valence-corrected chi connectivity index (χ0v) is 10.4. The Bertz CT molecular complexity index is 320. The number of rotatable bonds is 9. The quantitative estimate of drug-likeness (QED) is 0.670. The monoisotopic (exact) mass is 239 g/mol. The van der Waals surface area contributed by atoms with Gasteiger partial charge in [0, 0.05) is 24.8 Å². The van der Waals surface area contributed by atoms with Crippen molar-refractivity contribution in [3.8, 4) is 0 Å². The highest BCUT2D eigenvalue weighted by atomic mass is 16.5. The smallest absolute Gasteiger partial charge is 0.133 e. The van der Waals surface area contributed by atoms with Gasteiger partial charge in [0.05, 0.1) is 19.5 Å². The summed E-state index contributed by atoms with van der Waals surface area (Å²) in [4.78, 5) is 0. The number of hydrogen-bond acceptors (Lipinski definition) is 4. The Labute approximate surface area is 102 Å². The van der Waals surface area contributed by atoms with Crippen LogP contribution in [0.5, 0.6) is 0 Å². The van der Waals surface area contributed by atoms with Gasteiger partial charge in [0.1, 0.15) is 12.4 Å². The van der Waals surface area contributed by atoms with E-state index < -0.39 is 0 Å². The average molecular weight is 239 g/mol. The van der Waals surface area contributed by atoms with Crippen LogP contribution in [0, 0.1) is 0 Å². The summed E-state index contributed by atoms with van der Waals surface area (Å²) in [5.74, 6) is 0.926. The Kier molecular flexibility index (Phi) is 5.04. The molecule has 4 nitrogen and oxygen atoms in total. The summed E-state index contributed by atoms with van der Waals surface area (Å²) in [6.07, 6.45) is 4.33. The van der Waals surface area contributed by atoms with Crippen LogP contribution < -0.4 is 5.32 Å². The predicted octanol–water partition coefficient (Wildman–Crippen LogP) is 2.08. The van der Waals surface area contributed by atoms with E-state index in [-0.39, 0.29) is 0 Å². The largest absolute Gasteiger partial charge is 0.467 e. The molecule has 0 unspecified atom stereocenters. The molecule has 17 heavy (non-hydrogen) atoms. The second-order valence-electron chi connectivity index (χ2n) is 4.27. The molecule has 0 amide bonds. The van der Waals surface area contributed by atoms with Crippen LogP contribution in [0.3, 0.4) is 0 Å². The molecule has 1 heterocycles. The lowest BCUT2D eigenvalue weighted by Crippen LogP contribution is -2.16. The van der Waals surface area contributed by atoms with Crippen molar-refractivity contribution in [2.75, 3.05) is 19.8 Å². The van der Waals surface area contributed by atoms with E-state index in [1.54, 1.807) is 6.26 Å². The Balaban J connectivity index is 1.66. The van der Waals surface area contributed by atoms with Crippen molar-refractivity contribution >= 4 is 0 Å². The molecule has 0 saturated heterocycles. The molecule has 0 bridgehead atoms. The standard InChI is InChI=1S/C13H21NO3/c1-2-15-7-8-16-10-13-11(5-6-17-13)9-14-12-3-4-12/h5-6,12,14H,2-4,7-10H2,1H3. The summed E-state index contributed by atoms with van der Waals surface area (Å²) in [7, 11) is 0. The Morgan fingerprint density at radius 3 is 2.94 bits per heavy atom. The zero-order valence-electron chi connectivity index (χ0n) is 10.4. The Morgan fingerprint density at radius 2 is 2.18 bits per heavy atom. The van der Waals surface area contributed by atoms with Crippen LogP contribution in [0.2, 0.25) is 0 Å². The van der Waals surface area contributed by atoms with E-state index in [2.05, 4.69) is 5.32 Å². The van der Waals surface area contributed by atoms with Crippen molar-refractivity contribution in [1.82, 2.24) is 5.32 Å². The molecule has 96 valence electrons. The van der Waals surface area contributed by atoms with Gasteiger partial charge >= 0.3 is 0 Å². The van der Waals surface area contributed by atoms with Crippen LogP contribution in [0.1, 0.15) is 31.1 Å². The predicted molar refractivity (Wildman–Crippen MR) is 64.7 cm³/mol. The van der Waals surface area contributed by atoms with Crippen molar-refractivity contribution < 1.29 is 13.9 Å². The highest BCUT2D eigenvalue weighted by Gasteiger charge is 2.20. The Morgan fingerprint density at radius 1 is 1.35 bits per heavy atom. The van der Waals surface area contributed by atoms with Crippen LogP contribution in [-0.2, 0) is 22.6 Å². The molecule has 0 atom stereocenters. The summed E-state index contributed by atoms with van der Waals surface area (Å²) in [5, 5.41) is 3.47. The van der Waals surface area contributed by atoms with Gasteiger partial charge in [-0.2, -0.15) is 0 Å². The number of ether oxygens (including phenoxy) is 2. The van der Waals surface area contributed by atoms with Gasteiger partial charge in [0.15, 0.2) is 0 Å². The summed E-state index contributed by atoms with van der Waals surface area (Å²) in [6.45, 7) is 5.39. The number of nitrogens with one attached hydrogen (secondary N) is 1. The van der Waals surface area contributed by atoms with E-state index in [1.165, 1.54) is 18.4 Å². The van der Waals surface area contributed by atoms with Crippen molar-refractivity contribution in [2.45, 2.75) is 39.0 Å². The first kappa shape index (κ1) is 12.6. The van der Waals surface area contributed by atoms with Crippen molar-refractivity contribution in [1.29, 1.82) is 0 Å². The van der Waals surface area contributed by atoms with E-state index in [4.69, 9.17) is 13.9 Å². The minimum Gasteiger partial charge on any atom is -0.467 e. The first-order valence-corrected chi connectivity index (χ1v) is 6.34. The molecule has 1 saturated carbocycles. The van der Waals surface area contributed by atoms with Gasteiger partial charge in [-0.25, -0.2) is 0 Å². The third-order valence-corrected chi connectivity index (χ3v) is 2.81. The van der Waals surface area contributed by atoms with Gasteiger partial charge in [-0.15, -0.1) is 0 Å². The van der Waals surface area contributed by atoms with E-state index in [9.17, 15) is 0 Å². The van der Waals surface area contributed by atoms with E-state index in [1.807, 2.05) is 13.0 Å². The van der Waals surface area contributed by atoms with Crippen LogP contribution in [0.15, 0.2) is 16.7 Å². The van der Waals surface area contributed by atoms with Crippen LogP contribution in [0.25, 0.3) is 0 Å². The van der Waals surface area contributed by atoms with E-state index in [0.29, 0.717) is 19.8 Å². The van der Waals surface area contributed by atoms with E-state index in [0.717, 1.165) is 25.0 Å². The van der Waals surface area contributed by atoms with Crippen LogP contribution in [0.4, 0.5) is 0 Å². The molecule has 1 aliphatic rings. The summed E-state index contributed by atoms with van der Waals surface area (Å²) in [5.41, 5.74) is 1.20. The lowest BCUT2D eigenvalue weighted by Gasteiger charge is -2.05. The molecule has 1 N–H and O–H groups in total. The topological polar surface area (TPSA) is 43.6 Å². The molecule has 1 aromatic heterocycles. The summed E-state index contributed by atoms with van der Waals surface area (Å²) >= 11 is 0. The first-order valence-electron chi connectivity index (χ1n) is 6.34. The fourth-order valence-corrected chi connectivity index (χ4v) is 1.62. The average Bonchev–Trinajstić information content (AvgIpc) is 3.06. The van der Waals surface area contributed by atoms with Crippen molar-refractivity contribution in [3.63, 3.8) is 0 Å². The third kappa shape index (κ3) is 4.50. The molecule has 1 aliphatic carbocycles. The molecule has 0 aromatic carbocycles. The minimum atomic E-state index is 0.530. The summed E-state index contributed by atoms with van der Waals surface area (Å²) < 4.78 is 16.1. The highest BCUT2D eigenvalue weighted by Crippen LogP contribution is 2.20. The van der Waals surface area contributed by atoms with Gasteiger partial charge in [0.2, 0.25) is 0 Å². The third-order valence-electron chi connectivity index (χ3n) is 2.81. The minimum absolute atomic E-state index is 0.530. The molecule has 0 aliphatic heterocycles. The first-order chi connectivity index (χ1) is 8.40. The molecule has 4 heteroatoms. The lowest BCUT2D eigenvalue weighted by molar-refractivity contribution is 0.0387. The lowest BCUT2D eigenvalue weighted by atomic mass is 10.2. The zero-order chi connectivity index (χ0) is 11.9. The second-order valence-corrected chi connectivity index (χ2v) is 4.27. The normalized spacial score (nSPS) is 15.4. The SMILES string of the molecule is CCOCCOCc1occc1CNC1CC1. The van der Waals surface area contributed by atoms with Gasteiger partial charge in [0.25, 0.3) is 0 Å². The van der Waals surface area contributed by atoms with Crippen molar-refractivity contribution in [2.24, 2.45) is 0 Å². The highest BCUT2D eigenvalue weighted by molar-refractivity contribution is 5.16. The van der Waals surface area contributed by atoms with Gasteiger partial charge < -0.3 is 19.2 Å². The Hall–Kier alpha value is -0.840. The molecule has 0 radical (unpaired) electrons. The van der Waals surface area contributed by atoms with E-state index >= 15 is 0 Å². The number of hydrogen-bond donors (Lipinski definition) is 1. The fourth-order valence-electron chi connectivity index (χ4n) is 1.62. The molecular formula is C13H21NO3. The van der Waals surface area contributed by atoms with Crippen molar-refractivity contribution in [3.05, 3.63) is 23.7 Å². The number of furan rings is 1. The maximum absolute atomic E-state index is 5.50. The summed E-state index contributed by atoms with van der Waals surface area (Å²) in [6, 6.07) is 2.73. The second kappa shape index (κ2) is 6.79. The van der Waals surface area contributed by atoms with Gasteiger partial charge in [-0.3, -0.25) is 0 Å². The van der Waals surface area contributed by atoms with Crippen LogP contribution >= 0.6 is 0 Å². The van der Waals surface area contributed by atoms with Crippen LogP contribution in [-0.4, -0.2) is 25.9 Å². The van der Waals surface area contributed by atoms with Gasteiger partial charge in [-0.1, -0.05) is 0 Å². The maximum Gasteiger partial charge on any atom is 0.133 e. The molecule has 1 aromatic rings. The van der Waals surface area contributed by atoms with Gasteiger partial charge in [-0.05, 0) is 25.8 Å².